The molecule has 1 unspecified atom stereocenters. The number of aromatic nitrogens is 2. The summed E-state index contributed by atoms with van der Waals surface area (Å²) in [4.78, 5) is 26.8. The van der Waals surface area contributed by atoms with Crippen LogP contribution in [0, 0.1) is 5.92 Å². The predicted molar refractivity (Wildman–Crippen MR) is 105 cm³/mol. The number of nitrogens with one attached hydrogen (secondary N) is 1. The van der Waals surface area contributed by atoms with Gasteiger partial charge >= 0.3 is 0 Å². The van der Waals surface area contributed by atoms with Crippen LogP contribution in [0.25, 0.3) is 0 Å². The number of hydrogen-bond donors (Lipinski definition) is 1. The average molecular weight is 402 g/mol. The van der Waals surface area contributed by atoms with Crippen molar-refractivity contribution in [2.75, 3.05) is 31.0 Å². The molecule has 9 heteroatoms. The molecule has 1 saturated carbocycles. The number of carbonyl (C=O) groups excluding carboxylic acids is 2. The molecule has 1 aromatic carbocycles. The quantitative estimate of drug-likeness (QED) is 0.799. The lowest BCUT2D eigenvalue weighted by Gasteiger charge is -2.21. The van der Waals surface area contributed by atoms with Gasteiger partial charge in [-0.15, -0.1) is 10.2 Å². The van der Waals surface area contributed by atoms with Gasteiger partial charge in [0.25, 0.3) is 0 Å². The van der Waals surface area contributed by atoms with Gasteiger partial charge in [0.05, 0.1) is 25.8 Å². The van der Waals surface area contributed by atoms with E-state index in [1.54, 1.807) is 30.2 Å². The van der Waals surface area contributed by atoms with Crippen LogP contribution in [0.4, 0.5) is 10.8 Å². The van der Waals surface area contributed by atoms with Crippen LogP contribution in [-0.2, 0) is 9.59 Å². The summed E-state index contributed by atoms with van der Waals surface area (Å²) in [5, 5.41) is 12.6. The van der Waals surface area contributed by atoms with E-state index in [2.05, 4.69) is 15.5 Å². The maximum absolute atomic E-state index is 12.7. The molecule has 4 rings (SSSR count). The van der Waals surface area contributed by atoms with E-state index in [4.69, 9.17) is 9.47 Å². The molecule has 0 radical (unpaired) electrons. The number of benzene rings is 1. The number of hydrogen-bond acceptors (Lipinski definition) is 7. The standard InChI is InChI=1S/C19H22N4O4S/c1-26-13-6-7-14(15(9-13)27-2)23-10-12(8-16(23)24)17(25)20-19-22-21-18(28-19)11-4-3-5-11/h6-7,9,11-12H,3-5,8,10H2,1-2H3,(H,20,22,25). The third kappa shape index (κ3) is 3.54. The Kier molecular flexibility index (Phi) is 5.17. The zero-order chi connectivity index (χ0) is 19.7. The summed E-state index contributed by atoms with van der Waals surface area (Å²) in [5.41, 5.74) is 0.631. The third-order valence-corrected chi connectivity index (χ3v) is 6.30. The highest BCUT2D eigenvalue weighted by molar-refractivity contribution is 7.15. The van der Waals surface area contributed by atoms with Gasteiger partial charge in [-0.25, -0.2) is 0 Å². The lowest BCUT2D eigenvalue weighted by molar-refractivity contribution is -0.122. The highest BCUT2D eigenvalue weighted by atomic mass is 32.1. The van der Waals surface area contributed by atoms with E-state index in [1.165, 1.54) is 24.9 Å². The van der Waals surface area contributed by atoms with E-state index in [0.29, 0.717) is 34.8 Å². The number of carbonyl (C=O) groups is 2. The van der Waals surface area contributed by atoms with Crippen molar-refractivity contribution < 1.29 is 19.1 Å². The first-order valence-electron chi connectivity index (χ1n) is 9.25. The zero-order valence-corrected chi connectivity index (χ0v) is 16.6. The summed E-state index contributed by atoms with van der Waals surface area (Å²) in [6, 6.07) is 5.26. The van der Waals surface area contributed by atoms with Crippen molar-refractivity contribution in [3.05, 3.63) is 23.2 Å². The first-order chi connectivity index (χ1) is 13.6. The smallest absolute Gasteiger partial charge is 0.231 e. The molecule has 2 aromatic rings. The molecule has 1 atom stereocenters. The van der Waals surface area contributed by atoms with Crippen LogP contribution in [0.3, 0.4) is 0 Å². The Morgan fingerprint density at radius 2 is 2.07 bits per heavy atom. The van der Waals surface area contributed by atoms with Gasteiger partial charge in [-0.2, -0.15) is 0 Å². The minimum atomic E-state index is -0.449. The number of nitrogens with zero attached hydrogens (tertiary/aromatic N) is 3. The molecule has 0 spiro atoms. The van der Waals surface area contributed by atoms with E-state index in [9.17, 15) is 9.59 Å². The molecular formula is C19H22N4O4S. The minimum Gasteiger partial charge on any atom is -0.497 e. The van der Waals surface area contributed by atoms with Gasteiger partial charge in [-0.1, -0.05) is 17.8 Å². The van der Waals surface area contributed by atoms with E-state index in [1.807, 2.05) is 0 Å². The first-order valence-corrected chi connectivity index (χ1v) is 10.1. The summed E-state index contributed by atoms with van der Waals surface area (Å²) >= 11 is 1.43. The van der Waals surface area contributed by atoms with Crippen molar-refractivity contribution in [2.24, 2.45) is 5.92 Å². The van der Waals surface area contributed by atoms with Gasteiger partial charge in [0.15, 0.2) is 0 Å². The Balaban J connectivity index is 1.44. The van der Waals surface area contributed by atoms with Crippen LogP contribution in [-0.4, -0.2) is 42.8 Å². The fourth-order valence-electron chi connectivity index (χ4n) is 3.44. The normalized spacial score (nSPS) is 19.4. The molecule has 1 aromatic heterocycles. The highest BCUT2D eigenvalue weighted by Crippen LogP contribution is 2.39. The van der Waals surface area contributed by atoms with Crippen LogP contribution in [0.5, 0.6) is 11.5 Å². The topological polar surface area (TPSA) is 93.6 Å². The van der Waals surface area contributed by atoms with Crippen molar-refractivity contribution in [3.8, 4) is 11.5 Å². The average Bonchev–Trinajstić information content (AvgIpc) is 3.26. The summed E-state index contributed by atoms with van der Waals surface area (Å²) < 4.78 is 10.6. The van der Waals surface area contributed by atoms with Gasteiger partial charge in [-0.3, -0.25) is 9.59 Å². The molecule has 2 fully saturated rings. The Hall–Kier alpha value is -2.68. The van der Waals surface area contributed by atoms with Gasteiger partial charge in [0, 0.05) is 24.9 Å². The third-order valence-electron chi connectivity index (χ3n) is 5.30. The highest BCUT2D eigenvalue weighted by Gasteiger charge is 2.37. The molecule has 148 valence electrons. The summed E-state index contributed by atoms with van der Waals surface area (Å²) in [5.74, 6) is 0.878. The van der Waals surface area contributed by atoms with Gasteiger partial charge < -0.3 is 19.7 Å². The van der Waals surface area contributed by atoms with Crippen LogP contribution in [0.2, 0.25) is 0 Å². The summed E-state index contributed by atoms with van der Waals surface area (Å²) in [6.45, 7) is 0.293. The maximum Gasteiger partial charge on any atom is 0.231 e. The molecule has 1 aliphatic heterocycles. The number of rotatable bonds is 6. The molecule has 2 aliphatic rings. The predicted octanol–water partition coefficient (Wildman–Crippen LogP) is 2.81. The van der Waals surface area contributed by atoms with Gasteiger partial charge in [0.1, 0.15) is 16.5 Å². The molecule has 8 nitrogen and oxygen atoms in total. The Morgan fingerprint density at radius 3 is 2.75 bits per heavy atom. The second-order valence-electron chi connectivity index (χ2n) is 7.01. The Bertz CT molecular complexity index is 896. The minimum absolute atomic E-state index is 0.115. The van der Waals surface area contributed by atoms with E-state index < -0.39 is 5.92 Å². The maximum atomic E-state index is 12.7. The van der Waals surface area contributed by atoms with Gasteiger partial charge in [-0.05, 0) is 25.0 Å². The molecule has 0 bridgehead atoms. The van der Waals surface area contributed by atoms with Crippen molar-refractivity contribution in [2.45, 2.75) is 31.6 Å². The number of methoxy groups -OCH3 is 2. The molecule has 1 aliphatic carbocycles. The molecule has 2 amide bonds. The largest absolute Gasteiger partial charge is 0.497 e. The van der Waals surface area contributed by atoms with Gasteiger partial charge in [0.2, 0.25) is 16.9 Å². The van der Waals surface area contributed by atoms with Crippen LogP contribution in [0.15, 0.2) is 18.2 Å². The Labute approximate surface area is 166 Å². The van der Waals surface area contributed by atoms with Crippen LogP contribution < -0.4 is 19.7 Å². The van der Waals surface area contributed by atoms with E-state index in [0.717, 1.165) is 17.8 Å². The van der Waals surface area contributed by atoms with Crippen LogP contribution in [0.1, 0.15) is 36.6 Å². The van der Waals surface area contributed by atoms with Crippen LogP contribution >= 0.6 is 11.3 Å². The molecule has 28 heavy (non-hydrogen) atoms. The molecule has 1 N–H and O–H groups in total. The molecule has 1 saturated heterocycles. The lowest BCUT2D eigenvalue weighted by Crippen LogP contribution is -2.28. The summed E-state index contributed by atoms with van der Waals surface area (Å²) in [7, 11) is 3.11. The fourth-order valence-corrected chi connectivity index (χ4v) is 4.35. The SMILES string of the molecule is COc1ccc(N2CC(C(=O)Nc3nnc(C4CCC4)s3)CC2=O)c(OC)c1. The first kappa shape index (κ1) is 18.7. The lowest BCUT2D eigenvalue weighted by atomic mass is 9.86. The van der Waals surface area contributed by atoms with Crippen molar-refractivity contribution in [1.29, 1.82) is 0 Å². The van der Waals surface area contributed by atoms with Crippen molar-refractivity contribution in [1.82, 2.24) is 10.2 Å². The molecular weight excluding hydrogens is 380 g/mol. The molecule has 2 heterocycles. The fraction of sp³-hybridized carbons (Fsp3) is 0.474. The monoisotopic (exact) mass is 402 g/mol. The summed E-state index contributed by atoms with van der Waals surface area (Å²) in [6.07, 6.45) is 3.65. The Morgan fingerprint density at radius 1 is 1.25 bits per heavy atom. The number of amides is 2. The second kappa shape index (κ2) is 7.75. The second-order valence-corrected chi connectivity index (χ2v) is 8.01. The van der Waals surface area contributed by atoms with Crippen molar-refractivity contribution >= 4 is 34.0 Å². The zero-order valence-electron chi connectivity index (χ0n) is 15.8. The van der Waals surface area contributed by atoms with E-state index >= 15 is 0 Å². The van der Waals surface area contributed by atoms with E-state index in [-0.39, 0.29) is 18.2 Å². The van der Waals surface area contributed by atoms with Crippen molar-refractivity contribution in [3.63, 3.8) is 0 Å². The number of anilines is 2. The number of ether oxygens (including phenoxy) is 2.